The van der Waals surface area contributed by atoms with Crippen LogP contribution in [0.15, 0.2) is 168 Å². The molecule has 14 heteroatoms. The average Bonchev–Trinajstić information content (AvgIpc) is 4.06. The number of nitrogens with one attached hydrogen (secondary N) is 2. The van der Waals surface area contributed by atoms with Crippen LogP contribution in [0, 0.1) is 0 Å². The van der Waals surface area contributed by atoms with E-state index >= 15 is 0 Å². The van der Waals surface area contributed by atoms with Crippen LogP contribution in [0.2, 0.25) is 0 Å². The van der Waals surface area contributed by atoms with Gasteiger partial charge in [0.1, 0.15) is 47.8 Å². The number of carbonyl (C=O) groups is 3. The maximum Gasteiger partial charge on any atom is 0.355 e. The summed E-state index contributed by atoms with van der Waals surface area (Å²) in [4.78, 5) is 53.9. The number of thiazole rings is 1. The summed E-state index contributed by atoms with van der Waals surface area (Å²) in [5.74, 6) is -0.523. The van der Waals surface area contributed by atoms with Crippen LogP contribution in [0.3, 0.4) is 0 Å². The first-order valence-corrected chi connectivity index (χ1v) is 23.8. The van der Waals surface area contributed by atoms with Gasteiger partial charge in [0.15, 0.2) is 29.3 Å². The number of amides is 2. The van der Waals surface area contributed by atoms with Crippen molar-refractivity contribution in [1.29, 1.82) is 0 Å². The van der Waals surface area contributed by atoms with Crippen molar-refractivity contribution in [2.75, 3.05) is 25.3 Å². The number of benzene rings is 4. The van der Waals surface area contributed by atoms with Crippen LogP contribution in [0.5, 0.6) is 5.75 Å². The lowest BCUT2D eigenvalue weighted by atomic mass is 9.77. The van der Waals surface area contributed by atoms with Gasteiger partial charge in [-0.25, -0.2) is 9.78 Å². The highest BCUT2D eigenvalue weighted by atomic mass is 32.2. The molecule has 2 amide bonds. The Kier molecular flexibility index (Phi) is 13.4. The average molecular weight is 918 g/mol. The van der Waals surface area contributed by atoms with Crippen molar-refractivity contribution in [1.82, 2.24) is 15.2 Å². The Hall–Kier alpha value is -7.03. The number of rotatable bonds is 17. The number of aromatic nitrogens is 2. The van der Waals surface area contributed by atoms with Crippen molar-refractivity contribution in [2.45, 2.75) is 55.8 Å². The number of aryl methyl sites for hydroxylation is 1. The molecule has 0 unspecified atom stereocenters. The van der Waals surface area contributed by atoms with E-state index in [-0.39, 0.29) is 23.7 Å². The van der Waals surface area contributed by atoms with E-state index in [2.05, 4.69) is 81.2 Å². The van der Waals surface area contributed by atoms with Crippen LogP contribution < -0.4 is 19.9 Å². The number of allylic oxidation sites excluding steroid dienone is 2. The predicted molar refractivity (Wildman–Crippen MR) is 256 cm³/mol. The van der Waals surface area contributed by atoms with Gasteiger partial charge in [0.2, 0.25) is 0 Å². The molecule has 0 saturated carbocycles. The molecule has 1 fully saturated rings. The number of anilines is 1. The van der Waals surface area contributed by atoms with Crippen LogP contribution in [-0.2, 0) is 55.5 Å². The highest BCUT2D eigenvalue weighted by Gasteiger charge is 2.54. The van der Waals surface area contributed by atoms with Gasteiger partial charge in [-0.1, -0.05) is 114 Å². The fraction of sp³-hybridized carbons (Fsp3) is 0.231. The van der Waals surface area contributed by atoms with Gasteiger partial charge in [0.05, 0.1) is 7.11 Å². The molecule has 3 aliphatic rings. The van der Waals surface area contributed by atoms with Gasteiger partial charge in [0, 0.05) is 29.2 Å². The fourth-order valence-corrected chi connectivity index (χ4v) is 11.0. The zero-order chi connectivity index (χ0) is 45.5. The van der Waals surface area contributed by atoms with Crippen LogP contribution in [0.1, 0.15) is 52.0 Å². The van der Waals surface area contributed by atoms with E-state index in [9.17, 15) is 14.4 Å². The number of fused-ring (bicyclic) bond motifs is 2. The maximum atomic E-state index is 14.2. The second-order valence-corrected chi connectivity index (χ2v) is 18.0. The second-order valence-electron chi connectivity index (χ2n) is 16.0. The molecule has 12 nitrogen and oxygen atoms in total. The Balaban J connectivity index is 0.942. The minimum Gasteiger partial charge on any atom is -0.497 e. The lowest BCUT2D eigenvalue weighted by Gasteiger charge is -2.49. The number of nitrogens with zero attached hydrogens (tertiary/aromatic N) is 4. The van der Waals surface area contributed by atoms with E-state index in [0.717, 1.165) is 47.1 Å². The van der Waals surface area contributed by atoms with E-state index in [4.69, 9.17) is 19.3 Å². The Morgan fingerprint density at radius 1 is 0.879 bits per heavy atom. The van der Waals surface area contributed by atoms with Crippen molar-refractivity contribution >= 4 is 51.7 Å². The summed E-state index contributed by atoms with van der Waals surface area (Å²) >= 11 is 2.81. The normalized spacial score (nSPS) is 16.9. The van der Waals surface area contributed by atoms with Gasteiger partial charge in [-0.05, 0) is 71.4 Å². The molecule has 1 saturated heterocycles. The minimum absolute atomic E-state index is 0.00963. The van der Waals surface area contributed by atoms with Gasteiger partial charge in [-0.3, -0.25) is 14.5 Å². The summed E-state index contributed by atoms with van der Waals surface area (Å²) in [7, 11) is 2.94. The third-order valence-electron chi connectivity index (χ3n) is 12.1. The van der Waals surface area contributed by atoms with E-state index in [1.807, 2.05) is 72.8 Å². The second kappa shape index (κ2) is 20.0. The number of carbonyl (C=O) groups excluding carboxylic acids is 3. The SMILES string of the molecule is CO/N=C(\C(=O)N[C@@H]1C(=O)N2C(C(=O)OCc3ccc(OC)cc3)=C(C/C=C/C[n+]3cccc4c3CCC4)CS[C@H]12)c1csc(NC(c2ccccc2)(c2ccccc2)c2ccccc2)n1. The Morgan fingerprint density at radius 3 is 2.21 bits per heavy atom. The Morgan fingerprint density at radius 2 is 1.56 bits per heavy atom. The molecule has 9 rings (SSSR count). The number of hydrogen-bond acceptors (Lipinski definition) is 11. The first-order valence-electron chi connectivity index (χ1n) is 21.8. The first kappa shape index (κ1) is 44.2. The summed E-state index contributed by atoms with van der Waals surface area (Å²) in [6.45, 7) is 0.714. The minimum atomic E-state index is -0.944. The van der Waals surface area contributed by atoms with Gasteiger partial charge in [-0.15, -0.1) is 23.1 Å². The van der Waals surface area contributed by atoms with E-state index in [1.165, 1.54) is 46.4 Å². The zero-order valence-electron chi connectivity index (χ0n) is 36.6. The lowest BCUT2D eigenvalue weighted by molar-refractivity contribution is -0.694. The summed E-state index contributed by atoms with van der Waals surface area (Å²) in [6.07, 6.45) is 10.0. The molecule has 2 atom stereocenters. The first-order chi connectivity index (χ1) is 32.4. The number of ether oxygens (including phenoxy) is 2. The number of methoxy groups -OCH3 is 1. The Bertz CT molecular complexity index is 2700. The van der Waals surface area contributed by atoms with Crippen molar-refractivity contribution in [3.05, 3.63) is 202 Å². The highest BCUT2D eigenvalue weighted by molar-refractivity contribution is 8.00. The van der Waals surface area contributed by atoms with E-state index in [1.54, 1.807) is 24.6 Å². The predicted octanol–water partition coefficient (Wildman–Crippen LogP) is 7.73. The fourth-order valence-electron chi connectivity index (χ4n) is 8.85. The van der Waals surface area contributed by atoms with Crippen molar-refractivity contribution < 1.29 is 33.3 Å². The largest absolute Gasteiger partial charge is 0.497 e. The molecule has 2 N–H and O–H groups in total. The summed E-state index contributed by atoms with van der Waals surface area (Å²) < 4.78 is 13.4. The maximum absolute atomic E-state index is 14.2. The van der Waals surface area contributed by atoms with Crippen molar-refractivity contribution in [3.8, 4) is 5.75 Å². The molecule has 0 bridgehead atoms. The quantitative estimate of drug-likeness (QED) is 0.0179. The number of pyridine rings is 1. The third kappa shape index (κ3) is 8.98. The zero-order valence-corrected chi connectivity index (χ0v) is 38.2. The molecule has 4 aromatic carbocycles. The Labute approximate surface area is 392 Å². The molecule has 0 radical (unpaired) electrons. The van der Waals surface area contributed by atoms with Crippen LogP contribution in [-0.4, -0.2) is 64.8 Å². The molecular formula is C52H49N6O6S2+. The monoisotopic (exact) mass is 917 g/mol. The summed E-state index contributed by atoms with van der Waals surface area (Å²) in [5, 5.41) is 12.5. The topological polar surface area (TPSA) is 135 Å². The van der Waals surface area contributed by atoms with Crippen LogP contribution in [0.4, 0.5) is 5.13 Å². The number of esters is 1. The molecule has 2 aliphatic heterocycles. The number of thioether (sulfide) groups is 1. The number of oxime groups is 1. The van der Waals surface area contributed by atoms with Crippen molar-refractivity contribution in [3.63, 3.8) is 0 Å². The van der Waals surface area contributed by atoms with Gasteiger partial charge in [-0.2, -0.15) is 4.57 Å². The molecule has 0 spiro atoms. The van der Waals surface area contributed by atoms with Gasteiger partial charge in [0.25, 0.3) is 11.8 Å². The van der Waals surface area contributed by atoms with E-state index in [0.29, 0.717) is 29.6 Å². The van der Waals surface area contributed by atoms with Crippen LogP contribution >= 0.6 is 23.1 Å². The molecule has 1 aliphatic carbocycles. The molecule has 334 valence electrons. The van der Waals surface area contributed by atoms with E-state index < -0.39 is 34.7 Å². The highest BCUT2D eigenvalue weighted by Crippen LogP contribution is 2.43. The smallest absolute Gasteiger partial charge is 0.355 e. The van der Waals surface area contributed by atoms with Crippen LogP contribution in [0.25, 0.3) is 0 Å². The van der Waals surface area contributed by atoms with Crippen molar-refractivity contribution in [2.24, 2.45) is 5.16 Å². The van der Waals surface area contributed by atoms with Gasteiger partial charge < -0.3 is 24.9 Å². The molecule has 2 aromatic heterocycles. The number of hydrogen-bond donors (Lipinski definition) is 2. The molecule has 66 heavy (non-hydrogen) atoms. The lowest BCUT2D eigenvalue weighted by Crippen LogP contribution is -2.71. The third-order valence-corrected chi connectivity index (χ3v) is 14.2. The molecule has 4 heterocycles. The summed E-state index contributed by atoms with van der Waals surface area (Å²) in [5.41, 5.74) is 6.81. The summed E-state index contributed by atoms with van der Waals surface area (Å²) in [6, 6.07) is 41.0. The molecular weight excluding hydrogens is 869 g/mol. The van der Waals surface area contributed by atoms with Gasteiger partial charge >= 0.3 is 5.97 Å². The standard InChI is InChI=1S/C52H48N6O6S2/c1-62-41-28-26-35(27-29-41)32-64-50(61)46-37(16-12-13-30-57-31-15-18-36-17-14-25-43(36)57)33-65-49-45(48(60)58(46)49)54-47(59)44(56-63-2)42-34-66-51(53-42)55-52(38-19-6-3-7-20-38,39-21-8-4-9-22-39)40-23-10-5-11-24-40/h3-13,15,18-24,26-29,31,34,45,49H,14,16-17,25,30,32-33H2,1-2H3,(H-,53,54,55,59)/p+1/b13-12+,56-44-/t45-,49-/m1/s1. The molecule has 6 aromatic rings. The number of β-lactam (4-membered cyclic amide) rings is 1.